The Hall–Kier alpha value is -2.93. The minimum atomic E-state index is -0.175. The molecule has 7 nitrogen and oxygen atoms in total. The summed E-state index contributed by atoms with van der Waals surface area (Å²) in [6.45, 7) is 2.71. The molecule has 3 unspecified atom stereocenters. The van der Waals surface area contributed by atoms with E-state index in [9.17, 15) is 4.79 Å². The Morgan fingerprint density at radius 1 is 0.967 bits per heavy atom. The molecule has 7 rings (SSSR count). The summed E-state index contributed by atoms with van der Waals surface area (Å²) >= 11 is 0. The van der Waals surface area contributed by atoms with Crippen LogP contribution in [0.1, 0.15) is 47.6 Å². The zero-order chi connectivity index (χ0) is 20.4. The Bertz CT molecular complexity index is 1050. The fourth-order valence-corrected chi connectivity index (χ4v) is 5.38. The van der Waals surface area contributed by atoms with E-state index in [4.69, 9.17) is 23.7 Å². The van der Waals surface area contributed by atoms with Gasteiger partial charge in [0.1, 0.15) is 0 Å². The summed E-state index contributed by atoms with van der Waals surface area (Å²) in [5.41, 5.74) is 4.82. The molecular weight excluding hydrogens is 386 g/mol. The van der Waals surface area contributed by atoms with Gasteiger partial charge >= 0.3 is 5.97 Å². The van der Waals surface area contributed by atoms with Crippen LogP contribution >= 0.6 is 0 Å². The predicted molar refractivity (Wildman–Crippen MR) is 106 cm³/mol. The molecular formula is C23H23NO6. The Morgan fingerprint density at radius 3 is 2.23 bits per heavy atom. The summed E-state index contributed by atoms with van der Waals surface area (Å²) in [5, 5.41) is 0. The van der Waals surface area contributed by atoms with E-state index in [1.165, 1.54) is 22.3 Å². The summed E-state index contributed by atoms with van der Waals surface area (Å²) in [5.74, 6) is 2.92. The average molecular weight is 409 g/mol. The van der Waals surface area contributed by atoms with Crippen LogP contribution in [-0.2, 0) is 16.0 Å². The minimum absolute atomic E-state index is 0.00726. The summed E-state index contributed by atoms with van der Waals surface area (Å²) in [4.78, 5) is 14.8. The van der Waals surface area contributed by atoms with Crippen LogP contribution in [0.5, 0.6) is 23.0 Å². The first kappa shape index (κ1) is 17.9. The maximum absolute atomic E-state index is 12.5. The standard InChI is InChI=1S/C23H23NO6/c1-3-26-22(25)9-17-23-13-6-19-18(27-10-28-19)5-12(13)4-16(24(17)2)14-7-20-21(8-15(14)23)30-11-29-20/h5-8,16-17,23H,3-4,9-11H2,1-2H3. The number of nitrogens with zero attached hydrogens (tertiary/aromatic N) is 1. The second-order valence-corrected chi connectivity index (χ2v) is 8.18. The summed E-state index contributed by atoms with van der Waals surface area (Å²) in [7, 11) is 2.10. The van der Waals surface area contributed by atoms with E-state index in [0.717, 1.165) is 29.4 Å². The van der Waals surface area contributed by atoms with Crippen molar-refractivity contribution in [2.45, 2.75) is 37.8 Å². The summed E-state index contributed by atoms with van der Waals surface area (Å²) in [6.07, 6.45) is 1.15. The van der Waals surface area contributed by atoms with E-state index in [0.29, 0.717) is 13.0 Å². The van der Waals surface area contributed by atoms with Crippen molar-refractivity contribution in [3.63, 3.8) is 0 Å². The monoisotopic (exact) mass is 409 g/mol. The number of carbonyl (C=O) groups excluding carboxylic acids is 1. The van der Waals surface area contributed by atoms with Crippen molar-refractivity contribution in [1.29, 1.82) is 0 Å². The highest BCUT2D eigenvalue weighted by Crippen LogP contribution is 2.54. The zero-order valence-electron chi connectivity index (χ0n) is 17.0. The summed E-state index contributed by atoms with van der Waals surface area (Å²) < 4.78 is 28.0. The molecule has 5 aliphatic rings. The lowest BCUT2D eigenvalue weighted by Gasteiger charge is -2.43. The normalized spacial score (nSPS) is 24.9. The molecule has 0 spiro atoms. The molecule has 0 radical (unpaired) electrons. The molecule has 4 aliphatic heterocycles. The van der Waals surface area contributed by atoms with E-state index < -0.39 is 0 Å². The second kappa shape index (κ2) is 6.54. The number of rotatable bonds is 3. The molecule has 3 atom stereocenters. The predicted octanol–water partition coefficient (Wildman–Crippen LogP) is 3.14. The minimum Gasteiger partial charge on any atom is -0.466 e. The quantitative estimate of drug-likeness (QED) is 0.722. The van der Waals surface area contributed by atoms with Crippen LogP contribution in [0.4, 0.5) is 0 Å². The largest absolute Gasteiger partial charge is 0.466 e. The Labute approximate surface area is 174 Å². The van der Waals surface area contributed by atoms with Crippen LogP contribution in [0, 0.1) is 0 Å². The molecule has 2 bridgehead atoms. The first-order chi connectivity index (χ1) is 14.6. The maximum atomic E-state index is 12.5. The molecule has 30 heavy (non-hydrogen) atoms. The van der Waals surface area contributed by atoms with Gasteiger partial charge in [-0.1, -0.05) is 0 Å². The number of benzene rings is 2. The van der Waals surface area contributed by atoms with Crippen molar-refractivity contribution >= 4 is 5.97 Å². The van der Waals surface area contributed by atoms with Crippen molar-refractivity contribution < 1.29 is 28.5 Å². The van der Waals surface area contributed by atoms with Gasteiger partial charge in [0, 0.05) is 18.0 Å². The van der Waals surface area contributed by atoms with Gasteiger partial charge in [-0.05, 0) is 66.9 Å². The van der Waals surface area contributed by atoms with Crippen LogP contribution in [0.3, 0.4) is 0 Å². The molecule has 0 amide bonds. The molecule has 2 aromatic rings. The highest BCUT2D eigenvalue weighted by Gasteiger charge is 2.46. The summed E-state index contributed by atoms with van der Waals surface area (Å²) in [6, 6.07) is 8.50. The molecule has 156 valence electrons. The van der Waals surface area contributed by atoms with E-state index in [2.05, 4.69) is 36.2 Å². The van der Waals surface area contributed by atoms with Crippen molar-refractivity contribution in [2.24, 2.45) is 0 Å². The first-order valence-electron chi connectivity index (χ1n) is 10.4. The molecule has 1 aliphatic carbocycles. The maximum Gasteiger partial charge on any atom is 0.307 e. The highest BCUT2D eigenvalue weighted by molar-refractivity contribution is 5.71. The third kappa shape index (κ3) is 2.51. The molecule has 2 aromatic carbocycles. The average Bonchev–Trinajstić information content (AvgIpc) is 3.33. The molecule has 0 saturated carbocycles. The van der Waals surface area contributed by atoms with Gasteiger partial charge < -0.3 is 23.7 Å². The lowest BCUT2D eigenvalue weighted by molar-refractivity contribution is -0.144. The number of hydrogen-bond donors (Lipinski definition) is 0. The third-order valence-corrected chi connectivity index (χ3v) is 6.74. The van der Waals surface area contributed by atoms with Crippen molar-refractivity contribution in [2.75, 3.05) is 27.2 Å². The molecule has 0 fully saturated rings. The van der Waals surface area contributed by atoms with Crippen LogP contribution in [0.25, 0.3) is 0 Å². The van der Waals surface area contributed by atoms with Crippen molar-refractivity contribution in [3.05, 3.63) is 46.5 Å². The first-order valence-corrected chi connectivity index (χ1v) is 10.4. The lowest BCUT2D eigenvalue weighted by Crippen LogP contribution is -2.44. The van der Waals surface area contributed by atoms with E-state index in [1.54, 1.807) is 0 Å². The Morgan fingerprint density at radius 2 is 1.57 bits per heavy atom. The van der Waals surface area contributed by atoms with Crippen LogP contribution < -0.4 is 18.9 Å². The number of hydrogen-bond acceptors (Lipinski definition) is 7. The number of carbonyl (C=O) groups is 1. The SMILES string of the molecule is CCOC(=O)CC1C2c3cc4c(cc3CC(c3cc5c(cc32)OCO5)N1C)OCO4. The van der Waals surface area contributed by atoms with Gasteiger partial charge in [0.2, 0.25) is 13.6 Å². The van der Waals surface area contributed by atoms with E-state index in [-0.39, 0.29) is 37.6 Å². The van der Waals surface area contributed by atoms with Gasteiger partial charge in [0.05, 0.1) is 13.0 Å². The highest BCUT2D eigenvalue weighted by atomic mass is 16.7. The topological polar surface area (TPSA) is 66.5 Å². The zero-order valence-corrected chi connectivity index (χ0v) is 17.0. The van der Waals surface area contributed by atoms with E-state index >= 15 is 0 Å². The molecule has 0 aromatic heterocycles. The van der Waals surface area contributed by atoms with Crippen LogP contribution in [-0.4, -0.2) is 44.2 Å². The van der Waals surface area contributed by atoms with Gasteiger partial charge in [0.15, 0.2) is 23.0 Å². The van der Waals surface area contributed by atoms with Gasteiger partial charge in [-0.2, -0.15) is 0 Å². The lowest BCUT2D eigenvalue weighted by atomic mass is 9.77. The number of esters is 1. The number of fused-ring (bicyclic) bond motifs is 3. The molecule has 0 N–H and O–H groups in total. The molecule has 7 heteroatoms. The van der Waals surface area contributed by atoms with Gasteiger partial charge in [0.25, 0.3) is 0 Å². The molecule has 4 heterocycles. The Balaban J connectivity index is 1.54. The smallest absolute Gasteiger partial charge is 0.307 e. The fourth-order valence-electron chi connectivity index (χ4n) is 5.38. The van der Waals surface area contributed by atoms with Crippen molar-refractivity contribution in [3.8, 4) is 23.0 Å². The van der Waals surface area contributed by atoms with Crippen LogP contribution in [0.15, 0.2) is 24.3 Å². The second-order valence-electron chi connectivity index (χ2n) is 8.18. The fraction of sp³-hybridized carbons (Fsp3) is 0.435. The van der Waals surface area contributed by atoms with E-state index in [1.807, 2.05) is 6.92 Å². The number of likely N-dealkylation sites (N-methyl/N-ethyl adjacent to an activating group) is 1. The van der Waals surface area contributed by atoms with Gasteiger partial charge in [-0.3, -0.25) is 9.69 Å². The van der Waals surface area contributed by atoms with Crippen molar-refractivity contribution in [1.82, 2.24) is 4.90 Å². The Kier molecular flexibility index (Phi) is 3.90. The van der Waals surface area contributed by atoms with Crippen LogP contribution in [0.2, 0.25) is 0 Å². The van der Waals surface area contributed by atoms with Gasteiger partial charge in [-0.25, -0.2) is 0 Å². The van der Waals surface area contributed by atoms with Gasteiger partial charge in [-0.15, -0.1) is 0 Å². The molecule has 0 saturated heterocycles. The third-order valence-electron chi connectivity index (χ3n) is 6.74. The number of ether oxygens (including phenoxy) is 5.